The van der Waals surface area contributed by atoms with Gasteiger partial charge in [0.05, 0.1) is 0 Å². The molecule has 0 rings (SSSR count). The molecule has 0 saturated heterocycles. The molecule has 0 amide bonds. The summed E-state index contributed by atoms with van der Waals surface area (Å²) in [5.41, 5.74) is 7.48. The monoisotopic (exact) mass is 100.0 g/mol. The number of hydrogen-bond donors (Lipinski definition) is 0. The lowest BCUT2D eigenvalue weighted by Gasteiger charge is -1.44. The maximum Gasteiger partial charge on any atom is 0.205 e. The van der Waals surface area contributed by atoms with Crippen LogP contribution in [0.1, 0.15) is 0 Å². The normalized spacial score (nSPS) is 4.67. The molecule has 0 heterocycles. The Morgan fingerprint density at radius 1 is 1.83 bits per heavy atom. The molecular formula is CN4S. The van der Waals surface area contributed by atoms with Crippen LogP contribution in [0.25, 0.3) is 10.4 Å². The molecule has 0 aromatic heterocycles. The zero-order valence-electron chi connectivity index (χ0n) is 2.70. The molecule has 0 atom stereocenters. The molecule has 0 bridgehead atoms. The fourth-order valence-corrected chi connectivity index (χ4v) is 0.0748. The van der Waals surface area contributed by atoms with Crippen LogP contribution >= 0.6 is 12.2 Å². The molecule has 0 fully saturated rings. The molecule has 0 aromatic carbocycles. The summed E-state index contributed by atoms with van der Waals surface area (Å²) in [6, 6.07) is 0. The molecule has 6 heavy (non-hydrogen) atoms. The molecule has 5 heteroatoms. The number of rotatable bonds is 1. The van der Waals surface area contributed by atoms with Crippen LogP contribution in [0.4, 0.5) is 0 Å². The highest BCUT2D eigenvalue weighted by Crippen LogP contribution is 1.63. The third-order valence-corrected chi connectivity index (χ3v) is 0.207. The average Bonchev–Trinajstić information content (AvgIpc) is 1.61. The molecule has 30 valence electrons. The first-order chi connectivity index (χ1) is 2.91. The van der Waals surface area contributed by atoms with E-state index in [2.05, 4.69) is 27.5 Å². The van der Waals surface area contributed by atoms with Crippen molar-refractivity contribution in [3.63, 3.8) is 0 Å². The second-order valence-corrected chi connectivity index (χ2v) is 0.553. The summed E-state index contributed by atoms with van der Waals surface area (Å²) < 4.78 is 0. The minimum Gasteiger partial charge on any atom is -0.164 e. The van der Waals surface area contributed by atoms with E-state index >= 15 is 0 Å². The molecule has 0 spiro atoms. The summed E-state index contributed by atoms with van der Waals surface area (Å²) in [6.45, 7) is 0. The third kappa shape index (κ3) is 3.11. The van der Waals surface area contributed by atoms with E-state index in [4.69, 9.17) is 5.53 Å². The highest BCUT2D eigenvalue weighted by atomic mass is 32.1. The van der Waals surface area contributed by atoms with Gasteiger partial charge >= 0.3 is 0 Å². The van der Waals surface area contributed by atoms with E-state index in [0.29, 0.717) is 0 Å². The SMILES string of the molecule is [N-]=[N+]=NN=C=S. The number of nitrogens with zero attached hydrogens (tertiary/aromatic N) is 4. The summed E-state index contributed by atoms with van der Waals surface area (Å²) >= 11 is 4.04. The van der Waals surface area contributed by atoms with Gasteiger partial charge in [0, 0.05) is 22.5 Å². The molecular weight excluding hydrogens is 100 g/mol. The lowest BCUT2D eigenvalue weighted by atomic mass is 11.7. The van der Waals surface area contributed by atoms with E-state index in [-0.39, 0.29) is 0 Å². The minimum atomic E-state index is 1.86. The Hall–Kier alpha value is -0.890. The second-order valence-electron chi connectivity index (χ2n) is 0.370. The molecule has 0 saturated carbocycles. The first kappa shape index (κ1) is 5.11. The van der Waals surface area contributed by atoms with Crippen LogP contribution in [0.15, 0.2) is 10.3 Å². The van der Waals surface area contributed by atoms with Crippen molar-refractivity contribution in [1.82, 2.24) is 0 Å². The Labute approximate surface area is 39.1 Å². The zero-order valence-corrected chi connectivity index (χ0v) is 3.51. The maximum absolute atomic E-state index is 7.48. The summed E-state index contributed by atoms with van der Waals surface area (Å²) in [5.74, 6) is 0. The minimum absolute atomic E-state index is 1.86. The molecule has 0 aliphatic heterocycles. The number of azide groups is 1. The predicted octanol–water partition coefficient (Wildman–Crippen LogP) is 1.31. The van der Waals surface area contributed by atoms with Crippen molar-refractivity contribution in [3.05, 3.63) is 10.4 Å². The van der Waals surface area contributed by atoms with Gasteiger partial charge in [-0.2, -0.15) is 4.91 Å². The quantitative estimate of drug-likeness (QED) is 0.122. The Balaban J connectivity index is 3.64. The third-order valence-electron chi connectivity index (χ3n) is 0.126. The summed E-state index contributed by atoms with van der Waals surface area (Å²) in [5, 5.41) is 7.40. The fourth-order valence-electron chi connectivity index (χ4n) is 0.0383. The number of isothiocyanates is 1. The lowest BCUT2D eigenvalue weighted by molar-refractivity contribution is 1.23. The van der Waals surface area contributed by atoms with Crippen molar-refractivity contribution >= 4 is 17.4 Å². The Bertz CT molecular complexity index is 99.5. The van der Waals surface area contributed by atoms with Crippen molar-refractivity contribution < 1.29 is 0 Å². The van der Waals surface area contributed by atoms with Crippen molar-refractivity contribution in [2.75, 3.05) is 0 Å². The first-order valence-corrected chi connectivity index (χ1v) is 1.44. The van der Waals surface area contributed by atoms with Gasteiger partial charge in [-0.1, -0.05) is 0 Å². The number of hydrogen-bond acceptors (Lipinski definition) is 2. The van der Waals surface area contributed by atoms with E-state index in [1.165, 1.54) is 0 Å². The van der Waals surface area contributed by atoms with Gasteiger partial charge in [-0.15, -0.1) is 5.53 Å². The molecule has 0 radical (unpaired) electrons. The van der Waals surface area contributed by atoms with Crippen LogP contribution in [0, 0.1) is 0 Å². The molecule has 0 N–H and O–H groups in total. The highest BCUT2D eigenvalue weighted by Gasteiger charge is 1.49. The predicted molar refractivity (Wildman–Crippen MR) is 24.2 cm³/mol. The van der Waals surface area contributed by atoms with Crippen LogP contribution in [-0.2, 0) is 0 Å². The molecule has 0 aromatic rings. The number of thiocarbonyl (C=S) groups is 1. The van der Waals surface area contributed by atoms with Gasteiger partial charge < -0.3 is 0 Å². The summed E-state index contributed by atoms with van der Waals surface area (Å²) in [4.78, 5) is 2.25. The van der Waals surface area contributed by atoms with Crippen LogP contribution in [-0.4, -0.2) is 5.16 Å². The van der Waals surface area contributed by atoms with E-state index in [1.54, 1.807) is 0 Å². The van der Waals surface area contributed by atoms with E-state index in [0.717, 1.165) is 0 Å². The van der Waals surface area contributed by atoms with Gasteiger partial charge in [0.25, 0.3) is 0 Å². The van der Waals surface area contributed by atoms with Crippen molar-refractivity contribution in [1.29, 1.82) is 0 Å². The Morgan fingerprint density at radius 2 is 2.50 bits per heavy atom. The van der Waals surface area contributed by atoms with Gasteiger partial charge in [0.2, 0.25) is 5.16 Å². The molecule has 0 unspecified atom stereocenters. The van der Waals surface area contributed by atoms with Crippen LogP contribution in [0.5, 0.6) is 0 Å². The largest absolute Gasteiger partial charge is 0.205 e. The van der Waals surface area contributed by atoms with E-state index in [9.17, 15) is 0 Å². The van der Waals surface area contributed by atoms with Gasteiger partial charge in [0.1, 0.15) is 0 Å². The zero-order chi connectivity index (χ0) is 4.83. The first-order valence-electron chi connectivity index (χ1n) is 1.03. The highest BCUT2D eigenvalue weighted by molar-refractivity contribution is 7.78. The molecule has 0 aliphatic carbocycles. The standard InChI is InChI=1S/CN4S/c2-4-5-3-1-6. The topological polar surface area (TPSA) is 61.1 Å². The van der Waals surface area contributed by atoms with Gasteiger partial charge in [-0.25, -0.2) is 0 Å². The second kappa shape index (κ2) is 4.11. The summed E-state index contributed by atoms with van der Waals surface area (Å²) in [6.07, 6.45) is 0. The molecule has 0 aliphatic rings. The fraction of sp³-hybridized carbons (Fsp3) is 0. The Morgan fingerprint density at radius 3 is 2.67 bits per heavy atom. The smallest absolute Gasteiger partial charge is 0.164 e. The van der Waals surface area contributed by atoms with Crippen LogP contribution in [0.2, 0.25) is 0 Å². The van der Waals surface area contributed by atoms with Crippen LogP contribution in [0.3, 0.4) is 0 Å². The average molecular weight is 100 g/mol. The Kier molecular flexibility index (Phi) is 3.50. The lowest BCUT2D eigenvalue weighted by Crippen LogP contribution is -1.33. The van der Waals surface area contributed by atoms with E-state index < -0.39 is 0 Å². The van der Waals surface area contributed by atoms with Gasteiger partial charge in [-0.3, -0.25) is 0 Å². The van der Waals surface area contributed by atoms with E-state index in [1.807, 2.05) is 5.16 Å². The van der Waals surface area contributed by atoms with Gasteiger partial charge in [-0.05, 0) is 0 Å². The van der Waals surface area contributed by atoms with Crippen molar-refractivity contribution in [3.8, 4) is 0 Å². The molecule has 4 nitrogen and oxygen atoms in total. The maximum atomic E-state index is 7.48. The van der Waals surface area contributed by atoms with Gasteiger partial charge in [0.15, 0.2) is 0 Å². The van der Waals surface area contributed by atoms with Crippen molar-refractivity contribution in [2.45, 2.75) is 0 Å². The van der Waals surface area contributed by atoms with Crippen LogP contribution < -0.4 is 0 Å². The van der Waals surface area contributed by atoms with Crippen molar-refractivity contribution in [2.24, 2.45) is 10.3 Å². The summed E-state index contributed by atoms with van der Waals surface area (Å²) in [7, 11) is 0.